The van der Waals surface area contributed by atoms with E-state index in [0.29, 0.717) is 29.7 Å². The summed E-state index contributed by atoms with van der Waals surface area (Å²) in [6, 6.07) is 15.0. The first-order valence-electron chi connectivity index (χ1n) is 14.5. The standard InChI is InChI=1S/C31H41FN2O4S/c32-27-11-9-25(10-12-27)29-22-34(30(31(35)36)19-24-5-4-6-24)21-26(29)20-33-16-13-23(14-17-33)15-18-39(37,38)28-7-2-1-3-8-28/h1-3,7-12,23-24,26,29-30H,4-6,13-22H2,(H,35,36)/t26-,29+,30+/m0/s1. The van der Waals surface area contributed by atoms with Crippen LogP contribution in [0.2, 0.25) is 0 Å². The molecule has 212 valence electrons. The Morgan fingerprint density at radius 1 is 0.949 bits per heavy atom. The summed E-state index contributed by atoms with van der Waals surface area (Å²) >= 11 is 0. The van der Waals surface area contributed by atoms with Gasteiger partial charge in [-0.05, 0) is 86.4 Å². The molecule has 0 amide bonds. The van der Waals surface area contributed by atoms with Crippen molar-refractivity contribution in [1.82, 2.24) is 9.80 Å². The van der Waals surface area contributed by atoms with E-state index in [-0.39, 0.29) is 23.4 Å². The van der Waals surface area contributed by atoms with Crippen LogP contribution in [0, 0.1) is 23.6 Å². The first kappa shape index (κ1) is 28.2. The third kappa shape index (κ3) is 7.08. The maximum atomic E-state index is 13.7. The average molecular weight is 557 g/mol. The number of hydrogen-bond acceptors (Lipinski definition) is 5. The van der Waals surface area contributed by atoms with E-state index in [1.807, 2.05) is 18.2 Å². The number of halogens is 1. The number of aliphatic carboxylic acids is 1. The lowest BCUT2D eigenvalue weighted by atomic mass is 9.80. The van der Waals surface area contributed by atoms with Crippen LogP contribution in [-0.2, 0) is 14.6 Å². The molecule has 2 aliphatic heterocycles. The van der Waals surface area contributed by atoms with Gasteiger partial charge < -0.3 is 10.0 Å². The lowest BCUT2D eigenvalue weighted by Gasteiger charge is -2.35. The van der Waals surface area contributed by atoms with E-state index in [0.717, 1.165) is 63.8 Å². The SMILES string of the molecule is O=C(O)[C@@H](CC1CCC1)N1C[C@H](CN2CCC(CCS(=O)(=O)c3ccccc3)CC2)[C@@H](c2ccc(F)cc2)C1. The highest BCUT2D eigenvalue weighted by atomic mass is 32.2. The summed E-state index contributed by atoms with van der Waals surface area (Å²) < 4.78 is 39.1. The van der Waals surface area contributed by atoms with Gasteiger partial charge in [0.25, 0.3) is 0 Å². The number of sulfone groups is 1. The summed E-state index contributed by atoms with van der Waals surface area (Å²) in [7, 11) is -3.25. The van der Waals surface area contributed by atoms with E-state index in [1.165, 1.54) is 18.6 Å². The molecule has 39 heavy (non-hydrogen) atoms. The molecule has 6 nitrogen and oxygen atoms in total. The number of carboxylic acids is 1. The summed E-state index contributed by atoms with van der Waals surface area (Å²) in [5.74, 6) is 0.548. The summed E-state index contributed by atoms with van der Waals surface area (Å²) in [5.41, 5.74) is 1.08. The van der Waals surface area contributed by atoms with Crippen molar-refractivity contribution < 1.29 is 22.7 Å². The normalized spacial score (nSPS) is 24.4. The number of likely N-dealkylation sites (tertiary alicyclic amines) is 2. The molecule has 2 aromatic rings. The van der Waals surface area contributed by atoms with Gasteiger partial charge in [-0.2, -0.15) is 0 Å². The summed E-state index contributed by atoms with van der Waals surface area (Å²) in [6.45, 7) is 4.15. The van der Waals surface area contributed by atoms with Crippen LogP contribution >= 0.6 is 0 Å². The van der Waals surface area contributed by atoms with Gasteiger partial charge in [0.15, 0.2) is 9.84 Å². The number of rotatable bonds is 11. The second kappa shape index (κ2) is 12.5. The number of piperidine rings is 1. The fraction of sp³-hybridized carbons (Fsp3) is 0.581. The minimum Gasteiger partial charge on any atom is -0.480 e. The zero-order valence-corrected chi connectivity index (χ0v) is 23.4. The zero-order valence-electron chi connectivity index (χ0n) is 22.6. The lowest BCUT2D eigenvalue weighted by Crippen LogP contribution is -2.43. The molecule has 0 radical (unpaired) electrons. The van der Waals surface area contributed by atoms with Gasteiger partial charge in [0.1, 0.15) is 11.9 Å². The van der Waals surface area contributed by atoms with Gasteiger partial charge in [-0.25, -0.2) is 12.8 Å². The molecular formula is C31H41FN2O4S. The van der Waals surface area contributed by atoms with Crippen molar-refractivity contribution in [2.24, 2.45) is 17.8 Å². The molecule has 0 bridgehead atoms. The summed E-state index contributed by atoms with van der Waals surface area (Å²) in [6.07, 6.45) is 6.81. The van der Waals surface area contributed by atoms with Gasteiger partial charge in [0.2, 0.25) is 0 Å². The third-order valence-electron chi connectivity index (χ3n) is 9.37. The minimum absolute atomic E-state index is 0.169. The van der Waals surface area contributed by atoms with Crippen LogP contribution in [0.15, 0.2) is 59.5 Å². The van der Waals surface area contributed by atoms with E-state index in [4.69, 9.17) is 0 Å². The van der Waals surface area contributed by atoms with Crippen LogP contribution in [0.3, 0.4) is 0 Å². The third-order valence-corrected chi connectivity index (χ3v) is 11.1. The Bertz CT molecular complexity index is 1190. The van der Waals surface area contributed by atoms with Crippen molar-refractivity contribution in [2.75, 3.05) is 38.5 Å². The monoisotopic (exact) mass is 556 g/mol. The second-order valence-corrected chi connectivity index (χ2v) is 14.0. The first-order valence-corrected chi connectivity index (χ1v) is 16.2. The van der Waals surface area contributed by atoms with Crippen LogP contribution in [0.4, 0.5) is 4.39 Å². The van der Waals surface area contributed by atoms with Crippen LogP contribution in [0.1, 0.15) is 56.4 Å². The predicted octanol–water partition coefficient (Wildman–Crippen LogP) is 5.06. The van der Waals surface area contributed by atoms with Gasteiger partial charge in [-0.15, -0.1) is 0 Å². The molecule has 0 spiro atoms. The average Bonchev–Trinajstić information content (AvgIpc) is 3.31. The van der Waals surface area contributed by atoms with Crippen LogP contribution in [0.5, 0.6) is 0 Å². The molecule has 2 saturated heterocycles. The predicted molar refractivity (Wildman–Crippen MR) is 150 cm³/mol. The molecule has 8 heteroatoms. The fourth-order valence-electron chi connectivity index (χ4n) is 6.74. The van der Waals surface area contributed by atoms with Crippen LogP contribution in [0.25, 0.3) is 0 Å². The van der Waals surface area contributed by atoms with Crippen molar-refractivity contribution in [3.05, 3.63) is 66.0 Å². The van der Waals surface area contributed by atoms with Crippen LogP contribution < -0.4 is 0 Å². The molecular weight excluding hydrogens is 515 g/mol. The molecule has 3 fully saturated rings. The van der Waals surface area contributed by atoms with E-state index in [1.54, 1.807) is 24.3 Å². The first-order chi connectivity index (χ1) is 18.8. The molecule has 3 atom stereocenters. The lowest BCUT2D eigenvalue weighted by molar-refractivity contribution is -0.144. The molecule has 2 aromatic carbocycles. The molecule has 3 aliphatic rings. The minimum atomic E-state index is -3.25. The number of benzene rings is 2. The van der Waals surface area contributed by atoms with Crippen LogP contribution in [-0.4, -0.2) is 73.8 Å². The Kier molecular flexibility index (Phi) is 9.04. The van der Waals surface area contributed by atoms with E-state index < -0.39 is 21.8 Å². The molecule has 0 aromatic heterocycles. The Hall–Kier alpha value is -2.29. The van der Waals surface area contributed by atoms with Crippen molar-refractivity contribution in [3.63, 3.8) is 0 Å². The molecule has 5 rings (SSSR count). The molecule has 1 aliphatic carbocycles. The largest absolute Gasteiger partial charge is 0.480 e. The van der Waals surface area contributed by atoms with E-state index in [9.17, 15) is 22.7 Å². The van der Waals surface area contributed by atoms with Crippen molar-refractivity contribution in [3.8, 4) is 0 Å². The number of hydrogen-bond donors (Lipinski definition) is 1. The molecule has 0 unspecified atom stereocenters. The van der Waals surface area contributed by atoms with Gasteiger partial charge in [0, 0.05) is 25.6 Å². The highest BCUT2D eigenvalue weighted by Gasteiger charge is 2.41. The highest BCUT2D eigenvalue weighted by molar-refractivity contribution is 7.91. The highest BCUT2D eigenvalue weighted by Crippen LogP contribution is 2.38. The Morgan fingerprint density at radius 2 is 1.64 bits per heavy atom. The summed E-state index contributed by atoms with van der Waals surface area (Å²) in [4.78, 5) is 17.3. The fourth-order valence-corrected chi connectivity index (χ4v) is 8.19. The number of carbonyl (C=O) groups is 1. The molecule has 1 saturated carbocycles. The Balaban J connectivity index is 1.19. The number of carboxylic acid groups (broad SMARTS) is 1. The van der Waals surface area contributed by atoms with Gasteiger partial charge in [0.05, 0.1) is 10.6 Å². The molecule has 2 heterocycles. The topological polar surface area (TPSA) is 77.9 Å². The Labute approximate surface area is 232 Å². The van der Waals surface area contributed by atoms with Crippen molar-refractivity contribution >= 4 is 15.8 Å². The smallest absolute Gasteiger partial charge is 0.320 e. The summed E-state index contributed by atoms with van der Waals surface area (Å²) in [5, 5.41) is 10.1. The molecule has 1 N–H and O–H groups in total. The Morgan fingerprint density at radius 3 is 2.26 bits per heavy atom. The van der Waals surface area contributed by atoms with Crippen molar-refractivity contribution in [1.29, 1.82) is 0 Å². The second-order valence-electron chi connectivity index (χ2n) is 11.9. The van der Waals surface area contributed by atoms with E-state index in [2.05, 4.69) is 9.80 Å². The maximum Gasteiger partial charge on any atom is 0.320 e. The quantitative estimate of drug-likeness (QED) is 0.417. The van der Waals surface area contributed by atoms with Crippen molar-refractivity contribution in [2.45, 2.75) is 61.8 Å². The van der Waals surface area contributed by atoms with Gasteiger partial charge in [-0.1, -0.05) is 49.6 Å². The maximum absolute atomic E-state index is 13.7. The van der Waals surface area contributed by atoms with E-state index >= 15 is 0 Å². The van der Waals surface area contributed by atoms with Gasteiger partial charge in [-0.3, -0.25) is 9.69 Å². The van der Waals surface area contributed by atoms with Gasteiger partial charge >= 0.3 is 5.97 Å². The zero-order chi connectivity index (χ0) is 27.4. The number of nitrogens with zero attached hydrogens (tertiary/aromatic N) is 2.